The molecule has 1 N–H and O–H groups in total. The zero-order chi connectivity index (χ0) is 26.5. The lowest BCUT2D eigenvalue weighted by Crippen LogP contribution is -2.60. The Bertz CT molecular complexity index is 772. The third-order valence-corrected chi connectivity index (χ3v) is 17.2. The summed E-state index contributed by atoms with van der Waals surface area (Å²) in [5.41, 5.74) is -1.63. The lowest BCUT2D eigenvalue weighted by molar-refractivity contribution is -0.133. The van der Waals surface area contributed by atoms with Crippen LogP contribution in [0.25, 0.3) is 0 Å². The number of nitrogens with one attached hydrogen (secondary N) is 1. The number of amides is 2. The number of imide groups is 1. The van der Waals surface area contributed by atoms with Gasteiger partial charge >= 0.3 is 6.09 Å². The molecule has 0 radical (unpaired) electrons. The van der Waals surface area contributed by atoms with Crippen LogP contribution in [0.5, 0.6) is 0 Å². The van der Waals surface area contributed by atoms with Gasteiger partial charge in [0.25, 0.3) is 5.91 Å². The summed E-state index contributed by atoms with van der Waals surface area (Å²) in [6.45, 7) is 28.3. The van der Waals surface area contributed by atoms with Crippen molar-refractivity contribution in [1.29, 1.82) is 0 Å². The minimum absolute atomic E-state index is 0.00540. The van der Waals surface area contributed by atoms with Crippen molar-refractivity contribution in [3.8, 4) is 0 Å². The van der Waals surface area contributed by atoms with Crippen LogP contribution in [0.2, 0.25) is 36.3 Å². The molecule has 0 bridgehead atoms. The van der Waals surface area contributed by atoms with Crippen LogP contribution in [0.4, 0.5) is 4.79 Å². The first-order chi connectivity index (χ1) is 15.1. The van der Waals surface area contributed by atoms with Crippen LogP contribution in [0.3, 0.4) is 0 Å². The van der Waals surface area contributed by atoms with Gasteiger partial charge in [0, 0.05) is 0 Å². The van der Waals surface area contributed by atoms with Gasteiger partial charge < -0.3 is 18.9 Å². The van der Waals surface area contributed by atoms with Crippen LogP contribution < -0.4 is 5.32 Å². The summed E-state index contributed by atoms with van der Waals surface area (Å²) >= 11 is 0. The second kappa shape index (κ2) is 9.28. The van der Waals surface area contributed by atoms with Crippen LogP contribution in [0, 0.1) is 0 Å². The molecule has 0 aromatic rings. The summed E-state index contributed by atoms with van der Waals surface area (Å²) in [6, 6.07) is -0.545. The summed E-state index contributed by atoms with van der Waals surface area (Å²) < 4.78 is 19.3. The Morgan fingerprint density at radius 3 is 1.94 bits per heavy atom. The number of carbonyl (C=O) groups is 2. The zero-order valence-electron chi connectivity index (χ0n) is 24.0. The highest BCUT2D eigenvalue weighted by atomic mass is 28.4. The summed E-state index contributed by atoms with van der Waals surface area (Å²) in [5.74, 6) is -0.244. The molecule has 2 aliphatic rings. The molecule has 0 aromatic heterocycles. The van der Waals surface area contributed by atoms with Gasteiger partial charge in [0.05, 0.1) is 18.8 Å². The smallest absolute Gasteiger partial charge is 0.417 e. The van der Waals surface area contributed by atoms with Gasteiger partial charge in [-0.2, -0.15) is 0 Å². The van der Waals surface area contributed by atoms with E-state index in [9.17, 15) is 9.59 Å². The summed E-state index contributed by atoms with van der Waals surface area (Å²) in [4.78, 5) is 28.7. The maximum Gasteiger partial charge on any atom is 0.417 e. The largest absolute Gasteiger partial charge is 0.443 e. The van der Waals surface area contributed by atoms with Crippen molar-refractivity contribution < 1.29 is 23.2 Å². The quantitative estimate of drug-likeness (QED) is 0.477. The van der Waals surface area contributed by atoms with E-state index in [1.165, 1.54) is 4.90 Å². The molecule has 0 aliphatic carbocycles. The molecule has 198 valence electrons. The van der Waals surface area contributed by atoms with Crippen molar-refractivity contribution in [1.82, 2.24) is 10.2 Å². The molecular weight excluding hydrogens is 464 g/mol. The Morgan fingerprint density at radius 2 is 1.53 bits per heavy atom. The second-order valence-corrected chi connectivity index (χ2v) is 23.7. The number of hydrogen-bond acceptors (Lipinski definition) is 6. The predicted octanol–water partition coefficient (Wildman–Crippen LogP) is 5.67. The molecular formula is C25H50N2O5Si2. The van der Waals surface area contributed by atoms with E-state index in [0.717, 1.165) is 13.0 Å². The molecule has 0 saturated carbocycles. The molecule has 2 rings (SSSR count). The Balaban J connectivity index is 2.56. The first-order valence-electron chi connectivity index (χ1n) is 12.7. The van der Waals surface area contributed by atoms with E-state index >= 15 is 0 Å². The Kier molecular flexibility index (Phi) is 8.05. The minimum atomic E-state index is -2.27. The molecule has 2 heterocycles. The Labute approximate surface area is 209 Å². The summed E-state index contributed by atoms with van der Waals surface area (Å²) in [5, 5.41) is 3.43. The van der Waals surface area contributed by atoms with E-state index in [0.29, 0.717) is 6.42 Å². The molecule has 9 heteroatoms. The molecule has 1 unspecified atom stereocenters. The molecule has 1 spiro atoms. The number of hydrogen-bond donors (Lipinski definition) is 1. The average Bonchev–Trinajstić information content (AvgIpc) is 3.17. The first kappa shape index (κ1) is 29.5. The molecule has 2 fully saturated rings. The first-order valence-corrected chi connectivity index (χ1v) is 18.5. The number of rotatable bonds is 5. The van der Waals surface area contributed by atoms with E-state index in [1.54, 1.807) is 0 Å². The monoisotopic (exact) mass is 514 g/mol. The highest BCUT2D eigenvalue weighted by Crippen LogP contribution is 2.45. The molecule has 7 nitrogen and oxygen atoms in total. The lowest BCUT2D eigenvalue weighted by Gasteiger charge is -2.44. The topological polar surface area (TPSA) is 77.1 Å². The Hall–Kier alpha value is -0.746. The van der Waals surface area contributed by atoms with Crippen molar-refractivity contribution in [2.75, 3.05) is 13.2 Å². The fourth-order valence-corrected chi connectivity index (χ4v) is 6.39. The minimum Gasteiger partial charge on any atom is -0.443 e. The van der Waals surface area contributed by atoms with E-state index in [1.807, 2.05) is 20.8 Å². The van der Waals surface area contributed by atoms with Crippen molar-refractivity contribution in [3.63, 3.8) is 0 Å². The standard InChI is InChI=1S/C25H50N2O5Si2/c1-22(2,3)31-21(29)27-18(17-30-33(10,11)23(4,5)6)19(32-34(12,13)24(7,8)9)25(20(27)28)15-14-16-26-25/h18-19,26H,14-17H2,1-13H3/t18?,19-,25+/m0/s1. The number of carbonyl (C=O) groups excluding carboxylic acids is 2. The number of likely N-dealkylation sites (tertiary alicyclic amines) is 1. The molecule has 34 heavy (non-hydrogen) atoms. The molecule has 2 saturated heterocycles. The predicted molar refractivity (Wildman–Crippen MR) is 142 cm³/mol. The average molecular weight is 515 g/mol. The van der Waals surface area contributed by atoms with Gasteiger partial charge in [-0.05, 0) is 76.4 Å². The fourth-order valence-electron chi connectivity index (χ4n) is 4.02. The summed E-state index contributed by atoms with van der Waals surface area (Å²) in [7, 11) is -4.41. The van der Waals surface area contributed by atoms with Crippen LogP contribution in [-0.4, -0.2) is 70.0 Å². The van der Waals surface area contributed by atoms with Gasteiger partial charge in [0.15, 0.2) is 16.6 Å². The molecule has 3 atom stereocenters. The molecule has 2 amide bonds. The van der Waals surface area contributed by atoms with Crippen LogP contribution in [0.15, 0.2) is 0 Å². The van der Waals surface area contributed by atoms with Crippen LogP contribution in [0.1, 0.15) is 75.2 Å². The van der Waals surface area contributed by atoms with Gasteiger partial charge in [-0.1, -0.05) is 41.5 Å². The van der Waals surface area contributed by atoms with Crippen molar-refractivity contribution in [2.24, 2.45) is 0 Å². The SMILES string of the molecule is CC(C)(C)OC(=O)N1C(=O)[C@@]2(CCCN2)[C@@H](O[Si](C)(C)C(C)(C)C)C1CO[Si](C)(C)C(C)(C)C. The van der Waals surface area contributed by atoms with Gasteiger partial charge in [0.2, 0.25) is 0 Å². The number of ether oxygens (including phenoxy) is 1. The highest BCUT2D eigenvalue weighted by Gasteiger charge is 2.65. The fraction of sp³-hybridized carbons (Fsp3) is 0.920. The lowest BCUT2D eigenvalue weighted by atomic mass is 9.90. The summed E-state index contributed by atoms with van der Waals surface area (Å²) in [6.07, 6.45) is 0.402. The highest BCUT2D eigenvalue weighted by molar-refractivity contribution is 6.74. The third kappa shape index (κ3) is 5.80. The van der Waals surface area contributed by atoms with Gasteiger partial charge in [-0.3, -0.25) is 4.79 Å². The normalized spacial score (nSPS) is 27.1. The van der Waals surface area contributed by atoms with E-state index in [-0.39, 0.29) is 22.6 Å². The van der Waals surface area contributed by atoms with Gasteiger partial charge in [-0.25, -0.2) is 9.69 Å². The van der Waals surface area contributed by atoms with Crippen LogP contribution in [-0.2, 0) is 18.4 Å². The Morgan fingerprint density at radius 1 is 1.00 bits per heavy atom. The maximum atomic E-state index is 14.0. The second-order valence-electron chi connectivity index (χ2n) is 14.1. The van der Waals surface area contributed by atoms with E-state index < -0.39 is 46.0 Å². The third-order valence-electron chi connectivity index (χ3n) is 8.19. The van der Waals surface area contributed by atoms with Crippen LogP contribution >= 0.6 is 0 Å². The molecule has 2 aliphatic heterocycles. The number of nitrogens with zero attached hydrogens (tertiary/aromatic N) is 1. The van der Waals surface area contributed by atoms with Gasteiger partial charge in [-0.15, -0.1) is 0 Å². The zero-order valence-corrected chi connectivity index (χ0v) is 26.0. The van der Waals surface area contributed by atoms with Crippen molar-refractivity contribution in [2.45, 2.75) is 135 Å². The van der Waals surface area contributed by atoms with E-state index in [2.05, 4.69) is 73.0 Å². The van der Waals surface area contributed by atoms with Crippen molar-refractivity contribution >= 4 is 28.6 Å². The maximum absolute atomic E-state index is 14.0. The molecule has 0 aromatic carbocycles. The van der Waals surface area contributed by atoms with Gasteiger partial charge in [0.1, 0.15) is 11.1 Å². The van der Waals surface area contributed by atoms with Crippen molar-refractivity contribution in [3.05, 3.63) is 0 Å². The van der Waals surface area contributed by atoms with E-state index in [4.69, 9.17) is 13.6 Å².